The van der Waals surface area contributed by atoms with E-state index in [1.165, 1.54) is 12.1 Å². The number of anilines is 2. The Kier molecular flexibility index (Phi) is 4.54. The van der Waals surface area contributed by atoms with Crippen molar-refractivity contribution in [3.05, 3.63) is 45.2 Å². The van der Waals surface area contributed by atoms with Gasteiger partial charge in [-0.05, 0) is 30.5 Å². The molecule has 0 unspecified atom stereocenters. The molecule has 138 valence electrons. The zero-order valence-electron chi connectivity index (χ0n) is 14.0. The number of nitriles is 2. The number of benzene rings is 1. The highest BCUT2D eigenvalue weighted by atomic mass is 19.4. The predicted octanol–water partition coefficient (Wildman–Crippen LogP) is 2.99. The Morgan fingerprint density at radius 3 is 2.30 bits per heavy atom. The lowest BCUT2D eigenvalue weighted by atomic mass is 9.94. The highest BCUT2D eigenvalue weighted by molar-refractivity contribution is 5.81. The van der Waals surface area contributed by atoms with Crippen LogP contribution in [0.4, 0.5) is 24.7 Å². The lowest BCUT2D eigenvalue weighted by Crippen LogP contribution is -2.22. The largest absolute Gasteiger partial charge is 0.418 e. The SMILES string of the molecule is N#Cc1c(N)[nH]c(=O)c(C#N)c1-c1ccc(N2CCCC2)c(C(F)(F)F)c1. The number of alkyl halides is 3. The molecule has 2 heterocycles. The van der Waals surface area contributed by atoms with E-state index in [1.54, 1.807) is 17.0 Å². The van der Waals surface area contributed by atoms with E-state index >= 15 is 0 Å². The Bertz CT molecular complexity index is 1040. The molecule has 1 aliphatic heterocycles. The van der Waals surface area contributed by atoms with Crippen LogP contribution >= 0.6 is 0 Å². The van der Waals surface area contributed by atoms with Gasteiger partial charge in [0.1, 0.15) is 29.1 Å². The monoisotopic (exact) mass is 373 g/mol. The van der Waals surface area contributed by atoms with E-state index in [9.17, 15) is 28.5 Å². The highest BCUT2D eigenvalue weighted by Gasteiger charge is 2.36. The van der Waals surface area contributed by atoms with Gasteiger partial charge in [-0.1, -0.05) is 6.07 Å². The van der Waals surface area contributed by atoms with Crippen LogP contribution in [-0.4, -0.2) is 18.1 Å². The summed E-state index contributed by atoms with van der Waals surface area (Å²) in [5, 5.41) is 18.6. The standard InChI is InChI=1S/C18H14F3N5O/c19-18(20,21)13-7-10(3-4-14(13)26-5-1-2-6-26)15-11(8-22)16(24)25-17(27)12(15)9-23/h3-4,7H,1-2,5-6H2,(H3,24,25,27). The van der Waals surface area contributed by atoms with E-state index in [0.29, 0.717) is 13.1 Å². The predicted molar refractivity (Wildman–Crippen MR) is 92.8 cm³/mol. The normalized spacial score (nSPS) is 14.0. The van der Waals surface area contributed by atoms with Crippen LogP contribution in [0.25, 0.3) is 11.1 Å². The molecule has 1 fully saturated rings. The molecule has 27 heavy (non-hydrogen) atoms. The van der Waals surface area contributed by atoms with Gasteiger partial charge in [-0.2, -0.15) is 23.7 Å². The number of halogens is 3. The third-order valence-corrected chi connectivity index (χ3v) is 4.51. The van der Waals surface area contributed by atoms with Crippen molar-refractivity contribution in [2.75, 3.05) is 23.7 Å². The van der Waals surface area contributed by atoms with Gasteiger partial charge in [-0.3, -0.25) is 4.79 Å². The zero-order valence-corrected chi connectivity index (χ0v) is 14.0. The van der Waals surface area contributed by atoms with Gasteiger partial charge in [0.15, 0.2) is 0 Å². The summed E-state index contributed by atoms with van der Waals surface area (Å²) in [6, 6.07) is 6.95. The summed E-state index contributed by atoms with van der Waals surface area (Å²) in [6.07, 6.45) is -3.03. The number of rotatable bonds is 2. The fraction of sp³-hybridized carbons (Fsp3) is 0.278. The van der Waals surface area contributed by atoms with Crippen molar-refractivity contribution in [3.8, 4) is 23.3 Å². The van der Waals surface area contributed by atoms with Gasteiger partial charge in [0.25, 0.3) is 5.56 Å². The lowest BCUT2D eigenvalue weighted by molar-refractivity contribution is -0.137. The molecule has 1 aromatic heterocycles. The molecule has 0 aliphatic carbocycles. The summed E-state index contributed by atoms with van der Waals surface area (Å²) in [5.74, 6) is -0.298. The second-order valence-corrected chi connectivity index (χ2v) is 6.14. The molecule has 0 radical (unpaired) electrons. The average molecular weight is 373 g/mol. The van der Waals surface area contributed by atoms with Crippen molar-refractivity contribution in [1.82, 2.24) is 4.98 Å². The van der Waals surface area contributed by atoms with E-state index in [4.69, 9.17) is 5.73 Å². The molecule has 0 saturated carbocycles. The van der Waals surface area contributed by atoms with E-state index in [0.717, 1.165) is 18.9 Å². The number of nitrogens with one attached hydrogen (secondary N) is 1. The zero-order chi connectivity index (χ0) is 19.8. The van der Waals surface area contributed by atoms with E-state index in [1.807, 2.05) is 0 Å². The second kappa shape index (κ2) is 6.69. The summed E-state index contributed by atoms with van der Waals surface area (Å²) in [5.41, 5.74) is 2.98. The molecule has 1 saturated heterocycles. The molecule has 3 N–H and O–H groups in total. The van der Waals surface area contributed by atoms with Crippen LogP contribution in [0.15, 0.2) is 23.0 Å². The smallest absolute Gasteiger partial charge is 0.384 e. The molecule has 1 aromatic carbocycles. The molecule has 2 aromatic rings. The fourth-order valence-electron chi connectivity index (χ4n) is 3.28. The first-order valence-corrected chi connectivity index (χ1v) is 8.10. The van der Waals surface area contributed by atoms with Crippen LogP contribution in [0, 0.1) is 22.7 Å². The maximum absolute atomic E-state index is 13.7. The lowest BCUT2D eigenvalue weighted by Gasteiger charge is -2.23. The van der Waals surface area contributed by atoms with Crippen molar-refractivity contribution in [2.45, 2.75) is 19.0 Å². The summed E-state index contributed by atoms with van der Waals surface area (Å²) in [6.45, 7) is 1.04. The highest BCUT2D eigenvalue weighted by Crippen LogP contribution is 2.41. The topological polar surface area (TPSA) is 110 Å². The Balaban J connectivity index is 2.30. The number of pyridine rings is 1. The van der Waals surface area contributed by atoms with Gasteiger partial charge in [0, 0.05) is 24.3 Å². The van der Waals surface area contributed by atoms with Gasteiger partial charge in [-0.15, -0.1) is 0 Å². The summed E-state index contributed by atoms with van der Waals surface area (Å²) in [7, 11) is 0. The maximum atomic E-state index is 13.7. The van der Waals surface area contributed by atoms with Gasteiger partial charge < -0.3 is 15.6 Å². The van der Waals surface area contributed by atoms with Crippen LogP contribution in [0.1, 0.15) is 29.5 Å². The van der Waals surface area contributed by atoms with Gasteiger partial charge >= 0.3 is 6.18 Å². The summed E-state index contributed by atoms with van der Waals surface area (Å²) >= 11 is 0. The minimum absolute atomic E-state index is 0.0403. The van der Waals surface area contributed by atoms with Crippen LogP contribution in [-0.2, 0) is 6.18 Å². The Morgan fingerprint density at radius 2 is 1.74 bits per heavy atom. The molecule has 0 amide bonds. The number of aromatic nitrogens is 1. The molecule has 0 atom stereocenters. The van der Waals surface area contributed by atoms with Gasteiger partial charge in [-0.25, -0.2) is 0 Å². The van der Waals surface area contributed by atoms with Gasteiger partial charge in [0.05, 0.1) is 5.56 Å². The molecule has 6 nitrogen and oxygen atoms in total. The first-order chi connectivity index (χ1) is 12.8. The Hall–Kier alpha value is -3.46. The van der Waals surface area contributed by atoms with E-state index in [-0.39, 0.29) is 28.2 Å². The number of nitrogens with zero attached hydrogens (tertiary/aromatic N) is 3. The number of H-pyrrole nitrogens is 1. The molecule has 9 heteroatoms. The van der Waals surface area contributed by atoms with Crippen LogP contribution in [0.2, 0.25) is 0 Å². The van der Waals surface area contributed by atoms with Crippen LogP contribution < -0.4 is 16.2 Å². The number of nitrogen functional groups attached to an aromatic ring is 1. The minimum atomic E-state index is -4.64. The van der Waals surface area contributed by atoms with Crippen molar-refractivity contribution in [3.63, 3.8) is 0 Å². The van der Waals surface area contributed by atoms with Gasteiger partial charge in [0.2, 0.25) is 0 Å². The maximum Gasteiger partial charge on any atom is 0.418 e. The number of hydrogen-bond donors (Lipinski definition) is 2. The second-order valence-electron chi connectivity index (χ2n) is 6.14. The van der Waals surface area contributed by atoms with Crippen molar-refractivity contribution < 1.29 is 13.2 Å². The Morgan fingerprint density at radius 1 is 1.11 bits per heavy atom. The first kappa shape index (κ1) is 18.3. The van der Waals surface area contributed by atoms with E-state index < -0.39 is 22.9 Å². The third-order valence-electron chi connectivity index (χ3n) is 4.51. The Labute approximate surface area is 152 Å². The quantitative estimate of drug-likeness (QED) is 0.841. The molecule has 0 spiro atoms. The molecular weight excluding hydrogens is 359 g/mol. The van der Waals surface area contributed by atoms with Crippen LogP contribution in [0.5, 0.6) is 0 Å². The molecule has 1 aliphatic rings. The van der Waals surface area contributed by atoms with Crippen LogP contribution in [0.3, 0.4) is 0 Å². The minimum Gasteiger partial charge on any atom is -0.384 e. The summed E-state index contributed by atoms with van der Waals surface area (Å²) < 4.78 is 41.0. The molecule has 0 bridgehead atoms. The molecule has 3 rings (SSSR count). The average Bonchev–Trinajstić information content (AvgIpc) is 3.14. The first-order valence-electron chi connectivity index (χ1n) is 8.10. The van der Waals surface area contributed by atoms with Crippen molar-refractivity contribution in [2.24, 2.45) is 0 Å². The summed E-state index contributed by atoms with van der Waals surface area (Å²) in [4.78, 5) is 15.8. The van der Waals surface area contributed by atoms with Crippen molar-refractivity contribution in [1.29, 1.82) is 10.5 Å². The number of hydrogen-bond acceptors (Lipinski definition) is 5. The third kappa shape index (κ3) is 3.20. The number of aromatic amines is 1. The van der Waals surface area contributed by atoms with Crippen molar-refractivity contribution >= 4 is 11.5 Å². The fourth-order valence-corrected chi connectivity index (χ4v) is 3.28. The van der Waals surface area contributed by atoms with E-state index in [2.05, 4.69) is 4.98 Å². The molecular formula is C18H14F3N5O. The number of nitrogens with two attached hydrogens (primary N) is 1.